The number of carbonyl (C=O) groups excluding carboxylic acids is 1. The van der Waals surface area contributed by atoms with Crippen molar-refractivity contribution >= 4 is 17.3 Å². The van der Waals surface area contributed by atoms with Crippen molar-refractivity contribution < 1.29 is 19.0 Å². The van der Waals surface area contributed by atoms with Crippen molar-refractivity contribution in [3.63, 3.8) is 0 Å². The predicted molar refractivity (Wildman–Crippen MR) is 99.0 cm³/mol. The topological polar surface area (TPSA) is 92.6 Å². The quantitative estimate of drug-likeness (QED) is 0.756. The highest BCUT2D eigenvalue weighted by Gasteiger charge is 2.14. The molecule has 0 spiro atoms. The van der Waals surface area contributed by atoms with Gasteiger partial charge >= 0.3 is 0 Å². The van der Waals surface area contributed by atoms with Gasteiger partial charge in [-0.2, -0.15) is 5.26 Å². The monoisotopic (exact) mass is 355 g/mol. The molecule has 0 saturated carbocycles. The van der Waals surface area contributed by atoms with Gasteiger partial charge in [0.1, 0.15) is 0 Å². The Hall–Kier alpha value is -3.40. The molecule has 2 aromatic carbocycles. The molecule has 136 valence electrons. The average Bonchev–Trinajstić information content (AvgIpc) is 2.67. The van der Waals surface area contributed by atoms with Crippen LogP contribution in [0, 0.1) is 11.3 Å². The van der Waals surface area contributed by atoms with E-state index in [4.69, 9.17) is 19.5 Å². The van der Waals surface area contributed by atoms with Crippen molar-refractivity contribution in [2.45, 2.75) is 6.42 Å². The first-order chi connectivity index (χ1) is 12.6. The van der Waals surface area contributed by atoms with Gasteiger partial charge in [0.2, 0.25) is 11.7 Å². The van der Waals surface area contributed by atoms with E-state index in [1.165, 1.54) is 21.3 Å². The second-order valence-electron chi connectivity index (χ2n) is 5.33. The molecule has 7 heteroatoms. The van der Waals surface area contributed by atoms with Crippen molar-refractivity contribution in [3.05, 3.63) is 42.0 Å². The second kappa shape index (κ2) is 9.18. The van der Waals surface area contributed by atoms with E-state index in [9.17, 15) is 4.79 Å². The molecule has 2 N–H and O–H groups in total. The highest BCUT2D eigenvalue weighted by Crippen LogP contribution is 2.39. The van der Waals surface area contributed by atoms with E-state index in [1.54, 1.807) is 36.4 Å². The first-order valence-corrected chi connectivity index (χ1v) is 7.95. The Kier molecular flexibility index (Phi) is 6.68. The van der Waals surface area contributed by atoms with E-state index in [2.05, 4.69) is 16.7 Å². The summed E-state index contributed by atoms with van der Waals surface area (Å²) in [4.78, 5) is 12.1. The minimum absolute atomic E-state index is 0.152. The van der Waals surface area contributed by atoms with Crippen molar-refractivity contribution in [2.24, 2.45) is 0 Å². The molecule has 0 heterocycles. The Bertz CT molecular complexity index is 772. The number of hydrogen-bond acceptors (Lipinski definition) is 6. The minimum Gasteiger partial charge on any atom is -0.493 e. The van der Waals surface area contributed by atoms with Crippen LogP contribution in [0.4, 0.5) is 11.4 Å². The Labute approximate surface area is 152 Å². The number of anilines is 2. The molecule has 2 aromatic rings. The smallest absolute Gasteiger partial charge is 0.226 e. The summed E-state index contributed by atoms with van der Waals surface area (Å²) in [5.41, 5.74) is 2.00. The molecule has 0 unspecified atom stereocenters. The number of amides is 1. The summed E-state index contributed by atoms with van der Waals surface area (Å²) in [6.45, 7) is 0.460. The third-order valence-corrected chi connectivity index (χ3v) is 3.64. The molecule has 0 bridgehead atoms. The second-order valence-corrected chi connectivity index (χ2v) is 5.33. The van der Waals surface area contributed by atoms with Crippen LogP contribution >= 0.6 is 0 Å². The number of nitriles is 1. The molecule has 0 aromatic heterocycles. The summed E-state index contributed by atoms with van der Waals surface area (Å²) in [5.74, 6) is 1.26. The van der Waals surface area contributed by atoms with E-state index in [1.807, 2.05) is 0 Å². The van der Waals surface area contributed by atoms with E-state index in [-0.39, 0.29) is 12.3 Å². The number of rotatable bonds is 8. The SMILES string of the molecule is COc1cc(NC(=O)CCNc2ccc(C#N)cc2)cc(OC)c1OC. The van der Waals surface area contributed by atoms with E-state index in [0.29, 0.717) is 35.0 Å². The number of methoxy groups -OCH3 is 3. The number of ether oxygens (including phenoxy) is 3. The fourth-order valence-corrected chi connectivity index (χ4v) is 2.36. The van der Waals surface area contributed by atoms with Crippen LogP contribution in [0.3, 0.4) is 0 Å². The largest absolute Gasteiger partial charge is 0.493 e. The minimum atomic E-state index is -0.152. The number of carbonyl (C=O) groups is 1. The van der Waals surface area contributed by atoms with Crippen LogP contribution < -0.4 is 24.8 Å². The van der Waals surface area contributed by atoms with Gasteiger partial charge in [0, 0.05) is 36.5 Å². The molecule has 7 nitrogen and oxygen atoms in total. The molecule has 0 radical (unpaired) electrons. The van der Waals surface area contributed by atoms with E-state index >= 15 is 0 Å². The highest BCUT2D eigenvalue weighted by atomic mass is 16.5. The Morgan fingerprint density at radius 2 is 1.62 bits per heavy atom. The lowest BCUT2D eigenvalue weighted by molar-refractivity contribution is -0.115. The molecule has 0 saturated heterocycles. The lowest BCUT2D eigenvalue weighted by Gasteiger charge is -2.14. The standard InChI is InChI=1S/C19H21N3O4/c1-24-16-10-15(11-17(25-2)19(16)26-3)22-18(23)8-9-21-14-6-4-13(12-20)5-7-14/h4-7,10-11,21H,8-9H2,1-3H3,(H,22,23). The molecule has 1 amide bonds. The summed E-state index contributed by atoms with van der Waals surface area (Å²) in [6, 6.07) is 12.5. The predicted octanol–water partition coefficient (Wildman–Crippen LogP) is 3.02. The molecule has 2 rings (SSSR count). The highest BCUT2D eigenvalue weighted by molar-refractivity contribution is 5.91. The maximum absolute atomic E-state index is 12.1. The Morgan fingerprint density at radius 1 is 1.00 bits per heavy atom. The normalized spacial score (nSPS) is 9.77. The van der Waals surface area contributed by atoms with Gasteiger partial charge in [-0.25, -0.2) is 0 Å². The van der Waals surface area contributed by atoms with Crippen LogP contribution in [0.25, 0.3) is 0 Å². The molecular formula is C19H21N3O4. The summed E-state index contributed by atoms with van der Waals surface area (Å²) in [6.07, 6.45) is 0.274. The zero-order valence-electron chi connectivity index (χ0n) is 15.0. The fourth-order valence-electron chi connectivity index (χ4n) is 2.36. The number of nitrogens with zero attached hydrogens (tertiary/aromatic N) is 1. The van der Waals surface area contributed by atoms with E-state index < -0.39 is 0 Å². The van der Waals surface area contributed by atoms with Crippen molar-refractivity contribution in [3.8, 4) is 23.3 Å². The van der Waals surface area contributed by atoms with Crippen LogP contribution in [0.5, 0.6) is 17.2 Å². The number of hydrogen-bond donors (Lipinski definition) is 2. The van der Waals surface area contributed by atoms with Crippen LogP contribution in [-0.2, 0) is 4.79 Å². The third kappa shape index (κ3) is 4.80. The Morgan fingerprint density at radius 3 is 2.12 bits per heavy atom. The molecule has 0 atom stereocenters. The van der Waals surface area contributed by atoms with Gasteiger partial charge in [-0.15, -0.1) is 0 Å². The summed E-state index contributed by atoms with van der Waals surface area (Å²) in [7, 11) is 4.56. The Balaban J connectivity index is 1.93. The molecule has 0 aliphatic rings. The van der Waals surface area contributed by atoms with Gasteiger partial charge in [-0.3, -0.25) is 4.79 Å². The first kappa shape index (κ1) is 18.9. The number of nitrogens with one attached hydrogen (secondary N) is 2. The summed E-state index contributed by atoms with van der Waals surface area (Å²) >= 11 is 0. The molecule has 0 aliphatic carbocycles. The van der Waals surface area contributed by atoms with Crippen molar-refractivity contribution in [1.82, 2.24) is 0 Å². The summed E-state index contributed by atoms with van der Waals surface area (Å²) in [5, 5.41) is 14.7. The van der Waals surface area contributed by atoms with Gasteiger partial charge in [-0.1, -0.05) is 0 Å². The lowest BCUT2D eigenvalue weighted by Crippen LogP contribution is -2.16. The van der Waals surface area contributed by atoms with Gasteiger partial charge in [0.05, 0.1) is 33.0 Å². The van der Waals surface area contributed by atoms with Crippen LogP contribution in [0.2, 0.25) is 0 Å². The fraction of sp³-hybridized carbons (Fsp3) is 0.263. The van der Waals surface area contributed by atoms with Gasteiger partial charge in [0.25, 0.3) is 0 Å². The molecule has 0 aliphatic heterocycles. The average molecular weight is 355 g/mol. The maximum Gasteiger partial charge on any atom is 0.226 e. The van der Waals surface area contributed by atoms with Gasteiger partial charge in [0.15, 0.2) is 11.5 Å². The van der Waals surface area contributed by atoms with Gasteiger partial charge in [-0.05, 0) is 24.3 Å². The zero-order chi connectivity index (χ0) is 18.9. The van der Waals surface area contributed by atoms with Crippen molar-refractivity contribution in [2.75, 3.05) is 38.5 Å². The lowest BCUT2D eigenvalue weighted by atomic mass is 10.2. The third-order valence-electron chi connectivity index (χ3n) is 3.64. The first-order valence-electron chi connectivity index (χ1n) is 7.95. The summed E-state index contributed by atoms with van der Waals surface area (Å²) < 4.78 is 15.8. The zero-order valence-corrected chi connectivity index (χ0v) is 15.0. The van der Waals surface area contributed by atoms with Crippen LogP contribution in [-0.4, -0.2) is 33.8 Å². The van der Waals surface area contributed by atoms with E-state index in [0.717, 1.165) is 5.69 Å². The molecule has 26 heavy (non-hydrogen) atoms. The molecular weight excluding hydrogens is 334 g/mol. The maximum atomic E-state index is 12.1. The number of benzene rings is 2. The van der Waals surface area contributed by atoms with Crippen LogP contribution in [0.15, 0.2) is 36.4 Å². The molecule has 0 fully saturated rings. The van der Waals surface area contributed by atoms with Crippen molar-refractivity contribution in [1.29, 1.82) is 5.26 Å². The van der Waals surface area contributed by atoms with Crippen LogP contribution in [0.1, 0.15) is 12.0 Å². The van der Waals surface area contributed by atoms with Gasteiger partial charge < -0.3 is 24.8 Å².